The lowest BCUT2D eigenvalue weighted by molar-refractivity contribution is 0.0698. The number of nitrogens with zero attached hydrogens (tertiary/aromatic N) is 3. The van der Waals surface area contributed by atoms with Crippen LogP contribution in [0.5, 0.6) is 0 Å². The number of sulfonamides is 1. The van der Waals surface area contributed by atoms with E-state index >= 15 is 0 Å². The van der Waals surface area contributed by atoms with Crippen LogP contribution < -0.4 is 0 Å². The summed E-state index contributed by atoms with van der Waals surface area (Å²) in [5.41, 5.74) is 0.832. The number of benzene rings is 1. The lowest BCUT2D eigenvalue weighted by Crippen LogP contribution is -2.50. The third-order valence-corrected chi connectivity index (χ3v) is 7.50. The number of aromatic amines is 1. The van der Waals surface area contributed by atoms with Crippen LogP contribution in [0.2, 0.25) is 10.0 Å². The van der Waals surface area contributed by atoms with Gasteiger partial charge in [-0.1, -0.05) is 29.3 Å². The van der Waals surface area contributed by atoms with Crippen LogP contribution in [0.4, 0.5) is 0 Å². The van der Waals surface area contributed by atoms with Crippen LogP contribution in [0.15, 0.2) is 47.6 Å². The van der Waals surface area contributed by atoms with E-state index in [9.17, 15) is 13.2 Å². The molecule has 3 aromatic rings. The molecule has 0 spiro atoms. The lowest BCUT2D eigenvalue weighted by Gasteiger charge is -2.34. The van der Waals surface area contributed by atoms with Crippen molar-refractivity contribution in [1.29, 1.82) is 0 Å². The van der Waals surface area contributed by atoms with Crippen LogP contribution in [0.1, 0.15) is 10.4 Å². The fourth-order valence-electron chi connectivity index (χ4n) is 3.25. The van der Waals surface area contributed by atoms with E-state index in [1.54, 1.807) is 41.4 Å². The third-order valence-electron chi connectivity index (χ3n) is 4.74. The van der Waals surface area contributed by atoms with Gasteiger partial charge in [0.05, 0.1) is 15.6 Å². The summed E-state index contributed by atoms with van der Waals surface area (Å²) in [6.45, 7) is 0.918. The van der Waals surface area contributed by atoms with Gasteiger partial charge in [-0.05, 0) is 24.3 Å². The minimum Gasteiger partial charge on any atom is -0.345 e. The Morgan fingerprint density at radius 3 is 2.57 bits per heavy atom. The summed E-state index contributed by atoms with van der Waals surface area (Å²) in [4.78, 5) is 21.5. The molecule has 0 unspecified atom stereocenters. The van der Waals surface area contributed by atoms with Crippen LogP contribution in [-0.2, 0) is 10.0 Å². The number of carbonyl (C=O) groups is 1. The standard InChI is InChI=1S/C18H16Cl2N4O3S/c19-14-5-1-3-13(16(14)20)18(25)23-7-9-24(10-8-23)28(26,27)15-11-22-17-12(15)4-2-6-21-17/h1-6,11H,7-10H2,(H,21,22). The molecule has 0 aliphatic carbocycles. The highest BCUT2D eigenvalue weighted by atomic mass is 35.5. The van der Waals surface area contributed by atoms with E-state index in [0.29, 0.717) is 21.6 Å². The Morgan fingerprint density at radius 1 is 1.07 bits per heavy atom. The average Bonchev–Trinajstić information content (AvgIpc) is 3.15. The van der Waals surface area contributed by atoms with E-state index in [1.165, 1.54) is 10.5 Å². The van der Waals surface area contributed by atoms with Gasteiger partial charge in [0, 0.05) is 44.0 Å². The number of piperazine rings is 1. The SMILES string of the molecule is O=C(c1cccc(Cl)c1Cl)N1CCN(S(=O)(=O)c2c[nH]c3ncccc23)CC1. The Morgan fingerprint density at radius 2 is 1.82 bits per heavy atom. The molecule has 2 aromatic heterocycles. The van der Waals surface area contributed by atoms with Gasteiger partial charge < -0.3 is 9.88 Å². The third kappa shape index (κ3) is 3.26. The summed E-state index contributed by atoms with van der Waals surface area (Å²) >= 11 is 12.1. The Hall–Kier alpha value is -2.13. The molecule has 1 aromatic carbocycles. The molecule has 146 valence electrons. The molecular weight excluding hydrogens is 423 g/mol. The topological polar surface area (TPSA) is 86.4 Å². The number of fused-ring (bicyclic) bond motifs is 1. The first-order valence-electron chi connectivity index (χ1n) is 8.55. The number of carbonyl (C=O) groups excluding carboxylic acids is 1. The minimum atomic E-state index is -3.70. The molecule has 7 nitrogen and oxygen atoms in total. The minimum absolute atomic E-state index is 0.188. The van der Waals surface area contributed by atoms with Gasteiger partial charge in [-0.2, -0.15) is 4.31 Å². The number of hydrogen-bond donors (Lipinski definition) is 1. The number of halogens is 2. The summed E-state index contributed by atoms with van der Waals surface area (Å²) in [5.74, 6) is -0.263. The zero-order chi connectivity index (χ0) is 19.9. The van der Waals surface area contributed by atoms with E-state index < -0.39 is 10.0 Å². The summed E-state index contributed by atoms with van der Waals surface area (Å²) < 4.78 is 27.5. The number of nitrogens with one attached hydrogen (secondary N) is 1. The van der Waals surface area contributed by atoms with Crippen molar-refractivity contribution in [2.45, 2.75) is 4.90 Å². The first-order valence-corrected chi connectivity index (χ1v) is 10.7. The Bertz CT molecular complexity index is 1150. The molecule has 4 rings (SSSR count). The first kappa shape index (κ1) is 19.2. The molecule has 1 saturated heterocycles. The smallest absolute Gasteiger partial charge is 0.255 e. The van der Waals surface area contributed by atoms with Crippen molar-refractivity contribution in [1.82, 2.24) is 19.2 Å². The molecule has 0 atom stereocenters. The summed E-state index contributed by atoms with van der Waals surface area (Å²) in [7, 11) is -3.70. The zero-order valence-electron chi connectivity index (χ0n) is 14.6. The maximum atomic E-state index is 13.0. The second-order valence-corrected chi connectivity index (χ2v) is 9.04. The Balaban J connectivity index is 1.52. The van der Waals surface area contributed by atoms with Gasteiger partial charge in [0.2, 0.25) is 10.0 Å². The van der Waals surface area contributed by atoms with E-state index in [4.69, 9.17) is 23.2 Å². The van der Waals surface area contributed by atoms with Gasteiger partial charge >= 0.3 is 0 Å². The maximum Gasteiger partial charge on any atom is 0.255 e. The number of amides is 1. The summed E-state index contributed by atoms with van der Waals surface area (Å²) in [6, 6.07) is 8.29. The molecule has 1 fully saturated rings. The van der Waals surface area contributed by atoms with Crippen molar-refractivity contribution < 1.29 is 13.2 Å². The molecule has 1 N–H and O–H groups in total. The highest BCUT2D eigenvalue weighted by Crippen LogP contribution is 2.28. The van der Waals surface area contributed by atoms with Crippen molar-refractivity contribution in [3.8, 4) is 0 Å². The van der Waals surface area contributed by atoms with Gasteiger partial charge in [-0.15, -0.1) is 0 Å². The lowest BCUT2D eigenvalue weighted by atomic mass is 10.2. The molecule has 28 heavy (non-hydrogen) atoms. The molecule has 10 heteroatoms. The molecule has 1 aliphatic rings. The maximum absolute atomic E-state index is 13.0. The van der Waals surface area contributed by atoms with Gasteiger partial charge in [0.1, 0.15) is 10.5 Å². The Labute approximate surface area is 171 Å². The molecule has 0 radical (unpaired) electrons. The highest BCUT2D eigenvalue weighted by Gasteiger charge is 2.32. The van der Waals surface area contributed by atoms with Crippen LogP contribution in [0.3, 0.4) is 0 Å². The fourth-order valence-corrected chi connectivity index (χ4v) is 5.21. The second kappa shape index (κ2) is 7.36. The van der Waals surface area contributed by atoms with Crippen molar-refractivity contribution in [2.75, 3.05) is 26.2 Å². The van der Waals surface area contributed by atoms with Crippen LogP contribution in [0, 0.1) is 0 Å². The molecule has 3 heterocycles. The monoisotopic (exact) mass is 438 g/mol. The van der Waals surface area contributed by atoms with Crippen LogP contribution >= 0.6 is 23.2 Å². The molecule has 1 amide bonds. The molecule has 0 saturated carbocycles. The van der Waals surface area contributed by atoms with Gasteiger partial charge in [0.25, 0.3) is 5.91 Å². The quantitative estimate of drug-likeness (QED) is 0.680. The van der Waals surface area contributed by atoms with Crippen molar-refractivity contribution in [2.24, 2.45) is 0 Å². The number of aromatic nitrogens is 2. The Kier molecular flexibility index (Phi) is 5.05. The molecule has 1 aliphatic heterocycles. The summed E-state index contributed by atoms with van der Waals surface area (Å²) in [5, 5.41) is 1.06. The zero-order valence-corrected chi connectivity index (χ0v) is 16.9. The average molecular weight is 439 g/mol. The van der Waals surface area contributed by atoms with Gasteiger partial charge in [0.15, 0.2) is 0 Å². The van der Waals surface area contributed by atoms with Crippen molar-refractivity contribution in [3.05, 3.63) is 58.3 Å². The van der Waals surface area contributed by atoms with E-state index in [-0.39, 0.29) is 42.0 Å². The number of pyridine rings is 1. The number of H-pyrrole nitrogens is 1. The van der Waals surface area contributed by atoms with E-state index in [1.807, 2.05) is 0 Å². The first-order chi connectivity index (χ1) is 13.4. The van der Waals surface area contributed by atoms with Crippen molar-refractivity contribution in [3.63, 3.8) is 0 Å². The fraction of sp³-hybridized carbons (Fsp3) is 0.222. The predicted molar refractivity (Wildman–Crippen MR) is 107 cm³/mol. The van der Waals surface area contributed by atoms with E-state index in [0.717, 1.165) is 0 Å². The van der Waals surface area contributed by atoms with Gasteiger partial charge in [-0.25, -0.2) is 13.4 Å². The normalized spacial score (nSPS) is 15.9. The number of hydrogen-bond acceptors (Lipinski definition) is 4. The largest absolute Gasteiger partial charge is 0.345 e. The summed E-state index contributed by atoms with van der Waals surface area (Å²) in [6.07, 6.45) is 3.05. The number of rotatable bonds is 3. The highest BCUT2D eigenvalue weighted by molar-refractivity contribution is 7.89. The predicted octanol–water partition coefficient (Wildman–Crippen LogP) is 3.02. The van der Waals surface area contributed by atoms with Crippen LogP contribution in [-0.4, -0.2) is 59.7 Å². The molecule has 0 bridgehead atoms. The second-order valence-electron chi connectivity index (χ2n) is 6.35. The molecular formula is C18H16Cl2N4O3S. The van der Waals surface area contributed by atoms with Crippen molar-refractivity contribution >= 4 is 50.2 Å². The van der Waals surface area contributed by atoms with Gasteiger partial charge in [-0.3, -0.25) is 4.79 Å². The van der Waals surface area contributed by atoms with Crippen LogP contribution in [0.25, 0.3) is 11.0 Å². The van der Waals surface area contributed by atoms with E-state index in [2.05, 4.69) is 9.97 Å².